The number of thioether (sulfide) groups is 1. The number of aliphatic hydroxyl groups is 1. The third kappa shape index (κ3) is 12.4. The molecule has 0 aromatic heterocycles. The highest BCUT2D eigenvalue weighted by Gasteiger charge is 2.43. The summed E-state index contributed by atoms with van der Waals surface area (Å²) in [5.74, 6) is -0.881. The number of benzene rings is 1. The average Bonchev–Trinajstić information content (AvgIpc) is 3.62. The summed E-state index contributed by atoms with van der Waals surface area (Å²) in [5, 5.41) is 16.9. The van der Waals surface area contributed by atoms with Crippen LogP contribution >= 0.6 is 11.8 Å². The van der Waals surface area contributed by atoms with Gasteiger partial charge in [-0.3, -0.25) is 24.1 Å². The van der Waals surface area contributed by atoms with E-state index in [1.54, 1.807) is 56.7 Å². The van der Waals surface area contributed by atoms with Crippen molar-refractivity contribution in [2.75, 3.05) is 47.0 Å². The first kappa shape index (κ1) is 47.4. The minimum absolute atomic E-state index is 0.0191. The van der Waals surface area contributed by atoms with Crippen molar-refractivity contribution < 1.29 is 33.8 Å². The second kappa shape index (κ2) is 22.7. The normalized spacial score (nSPS) is 19.8. The lowest BCUT2D eigenvalue weighted by Gasteiger charge is -2.41. The van der Waals surface area contributed by atoms with Crippen LogP contribution in [0.4, 0.5) is 0 Å². The van der Waals surface area contributed by atoms with E-state index in [2.05, 4.69) is 17.6 Å². The molecule has 308 valence electrons. The van der Waals surface area contributed by atoms with E-state index in [4.69, 9.17) is 9.47 Å². The van der Waals surface area contributed by atoms with Crippen LogP contribution in [0.2, 0.25) is 0 Å². The first-order chi connectivity index (χ1) is 25.5. The van der Waals surface area contributed by atoms with Gasteiger partial charge in [0.25, 0.3) is 0 Å². The molecule has 0 aliphatic carbocycles. The van der Waals surface area contributed by atoms with Gasteiger partial charge in [0.2, 0.25) is 23.6 Å². The highest BCUT2D eigenvalue weighted by molar-refractivity contribution is 7.98. The van der Waals surface area contributed by atoms with Crippen LogP contribution in [0.5, 0.6) is 0 Å². The number of methoxy groups -OCH3 is 2. The molecule has 0 saturated carbocycles. The molecular formula is C41H71N5O7S. The molecule has 1 aliphatic rings. The Morgan fingerprint density at radius 2 is 1.57 bits per heavy atom. The number of hydrogen-bond acceptors (Lipinski definition) is 9. The van der Waals surface area contributed by atoms with Crippen LogP contribution in [0.3, 0.4) is 0 Å². The zero-order chi connectivity index (χ0) is 40.9. The fourth-order valence-electron chi connectivity index (χ4n) is 7.95. The third-order valence-corrected chi connectivity index (χ3v) is 11.8. The van der Waals surface area contributed by atoms with Crippen molar-refractivity contribution in [1.82, 2.24) is 25.3 Å². The number of likely N-dealkylation sites (tertiary alicyclic amines) is 1. The lowest BCUT2D eigenvalue weighted by Crippen LogP contribution is -2.60. The van der Waals surface area contributed by atoms with Crippen LogP contribution in [0.15, 0.2) is 30.3 Å². The highest BCUT2D eigenvalue weighted by Crippen LogP contribution is 2.30. The first-order valence-electron chi connectivity index (χ1n) is 19.6. The van der Waals surface area contributed by atoms with Gasteiger partial charge < -0.3 is 35.0 Å². The maximum Gasteiger partial charge on any atom is 0.245 e. The topological polar surface area (TPSA) is 141 Å². The Hall–Kier alpha value is -2.71. The van der Waals surface area contributed by atoms with Gasteiger partial charge in [0, 0.05) is 33.7 Å². The minimum atomic E-state index is -0.877. The van der Waals surface area contributed by atoms with Gasteiger partial charge in [-0.2, -0.15) is 0 Å². The van der Waals surface area contributed by atoms with Crippen molar-refractivity contribution in [2.24, 2.45) is 23.7 Å². The predicted molar refractivity (Wildman–Crippen MR) is 217 cm³/mol. The van der Waals surface area contributed by atoms with Gasteiger partial charge >= 0.3 is 0 Å². The maximum absolute atomic E-state index is 14.3. The van der Waals surface area contributed by atoms with Crippen LogP contribution in [0, 0.1) is 23.7 Å². The largest absolute Gasteiger partial charge is 0.386 e. The highest BCUT2D eigenvalue weighted by atomic mass is 32.2. The molecule has 54 heavy (non-hydrogen) atoms. The van der Waals surface area contributed by atoms with Gasteiger partial charge in [0.05, 0.1) is 54.8 Å². The smallest absolute Gasteiger partial charge is 0.245 e. The second-order valence-electron chi connectivity index (χ2n) is 15.8. The summed E-state index contributed by atoms with van der Waals surface area (Å²) in [6, 6.07) is 6.71. The number of carbonyl (C=O) groups excluding carboxylic acids is 4. The van der Waals surface area contributed by atoms with Gasteiger partial charge in [-0.05, 0) is 56.4 Å². The second-order valence-corrected chi connectivity index (χ2v) is 16.7. The summed E-state index contributed by atoms with van der Waals surface area (Å²) in [4.78, 5) is 61.2. The van der Waals surface area contributed by atoms with Crippen LogP contribution in [0.25, 0.3) is 0 Å². The zero-order valence-electron chi connectivity index (χ0n) is 35.2. The number of aliphatic hydroxyl groups excluding tert-OH is 1. The van der Waals surface area contributed by atoms with Gasteiger partial charge in [0.15, 0.2) is 0 Å². The lowest BCUT2D eigenvalue weighted by molar-refractivity contribution is -0.148. The number of ether oxygens (including phenoxy) is 2. The molecule has 1 heterocycles. The molecule has 12 nitrogen and oxygen atoms in total. The SMILES string of the molecule is CC[C@H](C)[C@@H]([C@@H](CC(=O)N1CCC[C@H]1[C@H](OC)[C@@H](C)C(=O)N[C@H](C)[C@@H](O)c1ccccc1)OC)N(C)C(=O)[C@@H](NC(=O)[C@H](C(C)C)N(C)CSC)C(C)C. The summed E-state index contributed by atoms with van der Waals surface area (Å²) < 4.78 is 12.0. The molecule has 2 rings (SSSR count). The third-order valence-electron chi connectivity index (χ3n) is 11.2. The summed E-state index contributed by atoms with van der Waals surface area (Å²) in [5.41, 5.74) is 0.711. The fraction of sp³-hybridized carbons (Fsp3) is 0.756. The molecule has 3 N–H and O–H groups in total. The first-order valence-corrected chi connectivity index (χ1v) is 21.0. The van der Waals surface area contributed by atoms with E-state index in [0.29, 0.717) is 24.4 Å². The molecule has 0 bridgehead atoms. The summed E-state index contributed by atoms with van der Waals surface area (Å²) in [6.45, 7) is 16.0. The van der Waals surface area contributed by atoms with Crippen molar-refractivity contribution in [3.05, 3.63) is 35.9 Å². The Morgan fingerprint density at radius 1 is 0.944 bits per heavy atom. The van der Waals surface area contributed by atoms with Gasteiger partial charge in [0.1, 0.15) is 6.04 Å². The van der Waals surface area contributed by atoms with Gasteiger partial charge in [-0.15, -0.1) is 11.8 Å². The zero-order valence-corrected chi connectivity index (χ0v) is 36.0. The molecule has 13 heteroatoms. The van der Waals surface area contributed by atoms with Crippen molar-refractivity contribution >= 4 is 35.4 Å². The number of likely N-dealkylation sites (N-methyl/N-ethyl adjacent to an activating group) is 2. The van der Waals surface area contributed by atoms with E-state index in [0.717, 1.165) is 12.8 Å². The van der Waals surface area contributed by atoms with Gasteiger partial charge in [-0.1, -0.05) is 85.2 Å². The Kier molecular flexibility index (Phi) is 20.0. The van der Waals surface area contributed by atoms with E-state index in [1.165, 1.54) is 0 Å². The number of hydrogen-bond donors (Lipinski definition) is 3. The number of carbonyl (C=O) groups is 4. The molecule has 0 spiro atoms. The summed E-state index contributed by atoms with van der Waals surface area (Å²) >= 11 is 1.64. The molecule has 1 aromatic carbocycles. The molecule has 1 aliphatic heterocycles. The number of nitrogens with one attached hydrogen (secondary N) is 2. The molecule has 1 saturated heterocycles. The predicted octanol–water partition coefficient (Wildman–Crippen LogP) is 4.56. The number of nitrogens with zero attached hydrogens (tertiary/aromatic N) is 3. The molecule has 1 fully saturated rings. The van der Waals surface area contributed by atoms with Crippen molar-refractivity contribution in [2.45, 2.75) is 130 Å². The van der Waals surface area contributed by atoms with Crippen molar-refractivity contribution in [3.63, 3.8) is 0 Å². The average molecular weight is 778 g/mol. The van der Waals surface area contributed by atoms with E-state index in [1.807, 2.05) is 83.2 Å². The Balaban J connectivity index is 2.26. The lowest BCUT2D eigenvalue weighted by atomic mass is 9.89. The summed E-state index contributed by atoms with van der Waals surface area (Å²) in [7, 11) is 6.79. The molecule has 0 unspecified atom stereocenters. The van der Waals surface area contributed by atoms with E-state index in [9.17, 15) is 24.3 Å². The van der Waals surface area contributed by atoms with Crippen LogP contribution in [0.1, 0.15) is 92.7 Å². The molecule has 1 aromatic rings. The summed E-state index contributed by atoms with van der Waals surface area (Å²) in [6.07, 6.45) is 2.13. The van der Waals surface area contributed by atoms with Gasteiger partial charge in [-0.25, -0.2) is 0 Å². The van der Waals surface area contributed by atoms with Crippen molar-refractivity contribution in [3.8, 4) is 0 Å². The standard InChI is InChI=1S/C41H71N5O7S/c1-14-27(6)36(45(10)41(51)34(25(2)3)43-40(50)35(26(4)5)44(9)24-54-13)32(52-11)23-33(47)46-22-18-21-31(46)38(53-12)28(7)39(49)42-29(8)37(48)30-19-16-15-17-20-30/h15-17,19-20,25-29,31-32,34-38,48H,14,18,21-24H2,1-13H3,(H,42,49)(H,43,50)/t27-,28+,29+,31-,32+,34-,35-,36-,37+,38+/m0/s1. The van der Waals surface area contributed by atoms with E-state index < -0.39 is 48.4 Å². The molecule has 0 radical (unpaired) electrons. The Bertz CT molecular complexity index is 1320. The molecular weight excluding hydrogens is 707 g/mol. The maximum atomic E-state index is 14.3. The van der Waals surface area contributed by atoms with Crippen LogP contribution in [-0.2, 0) is 28.7 Å². The Labute approximate surface area is 329 Å². The molecule has 4 amide bonds. The minimum Gasteiger partial charge on any atom is -0.386 e. The monoisotopic (exact) mass is 778 g/mol. The number of amides is 4. The number of rotatable bonds is 22. The fourth-order valence-corrected chi connectivity index (χ4v) is 8.52. The van der Waals surface area contributed by atoms with E-state index in [-0.39, 0.29) is 53.8 Å². The molecule has 10 atom stereocenters. The van der Waals surface area contributed by atoms with Crippen molar-refractivity contribution in [1.29, 1.82) is 0 Å². The Morgan fingerprint density at radius 3 is 2.09 bits per heavy atom. The van der Waals surface area contributed by atoms with Crippen LogP contribution in [-0.4, -0.2) is 133 Å². The quantitative estimate of drug-likeness (QED) is 0.145. The van der Waals surface area contributed by atoms with E-state index >= 15 is 0 Å². The van der Waals surface area contributed by atoms with Crippen LogP contribution < -0.4 is 10.6 Å².